The highest BCUT2D eigenvalue weighted by atomic mass is 16.1. The van der Waals surface area contributed by atoms with Crippen molar-refractivity contribution in [1.82, 2.24) is 16.5 Å². The Labute approximate surface area is 171 Å². The second-order valence-electron chi connectivity index (χ2n) is 7.48. The molecule has 0 unspecified atom stereocenters. The average molecular weight is 390 g/mol. The lowest BCUT2D eigenvalue weighted by Crippen LogP contribution is -2.44. The first-order valence-electron chi connectivity index (χ1n) is 10.1. The van der Waals surface area contributed by atoms with Gasteiger partial charge in [-0.2, -0.15) is 0 Å². The van der Waals surface area contributed by atoms with Gasteiger partial charge in [-0.25, -0.2) is 4.98 Å². The molecule has 0 atom stereocenters. The Morgan fingerprint density at radius 3 is 2.50 bits per heavy atom. The van der Waals surface area contributed by atoms with Gasteiger partial charge in [0, 0.05) is 25.9 Å². The predicted octanol–water partition coefficient (Wildman–Crippen LogP) is 4.29. The number of aryl methyl sites for hydroxylation is 1. The topological polar surface area (TPSA) is 106 Å². The van der Waals surface area contributed by atoms with Crippen LogP contribution in [-0.4, -0.2) is 36.6 Å². The summed E-state index contributed by atoms with van der Waals surface area (Å²) < 4.78 is 0. The van der Waals surface area contributed by atoms with Crippen LogP contribution in [0.4, 0.5) is 5.82 Å². The summed E-state index contributed by atoms with van der Waals surface area (Å²) in [6.07, 6.45) is 2.11. The van der Waals surface area contributed by atoms with Crippen molar-refractivity contribution in [2.45, 2.75) is 53.5 Å². The van der Waals surface area contributed by atoms with E-state index in [0.717, 1.165) is 54.8 Å². The Morgan fingerprint density at radius 1 is 1.29 bits per heavy atom. The maximum atomic E-state index is 12.0. The van der Waals surface area contributed by atoms with Gasteiger partial charge in [-0.1, -0.05) is 39.3 Å². The first-order valence-corrected chi connectivity index (χ1v) is 10.1. The number of fused-ring (bicyclic) bond motifs is 1. The molecule has 2 heterocycles. The van der Waals surface area contributed by atoms with Gasteiger partial charge in [0.2, 0.25) is 0 Å². The van der Waals surface area contributed by atoms with Crippen molar-refractivity contribution in [2.75, 3.05) is 24.5 Å². The number of rotatable bonds is 5. The highest BCUT2D eigenvalue weighted by Crippen LogP contribution is 2.26. The highest BCUT2D eigenvalue weighted by Gasteiger charge is 2.23. The molecule has 1 aliphatic rings. The smallest absolute Gasteiger partial charge is 0.252 e. The van der Waals surface area contributed by atoms with Crippen LogP contribution in [0.2, 0.25) is 0 Å². The van der Waals surface area contributed by atoms with E-state index in [1.165, 1.54) is 0 Å². The average Bonchev–Trinajstić information content (AvgIpc) is 2.67. The molecule has 0 spiro atoms. The van der Waals surface area contributed by atoms with Crippen molar-refractivity contribution in [3.8, 4) is 0 Å². The fourth-order valence-corrected chi connectivity index (χ4v) is 3.41. The van der Waals surface area contributed by atoms with E-state index in [9.17, 15) is 4.79 Å². The molecule has 0 bridgehead atoms. The number of nitrogens with zero attached hydrogens (tertiary/aromatic N) is 2. The number of benzene rings is 1. The molecule has 1 aromatic heterocycles. The van der Waals surface area contributed by atoms with Crippen LogP contribution in [0.3, 0.4) is 0 Å². The van der Waals surface area contributed by atoms with Crippen molar-refractivity contribution < 1.29 is 6.22 Å². The molecule has 6 heteroatoms. The summed E-state index contributed by atoms with van der Waals surface area (Å²) in [5, 5.41) is 4.59. The number of anilines is 1. The Morgan fingerprint density at radius 2 is 1.93 bits per heavy atom. The summed E-state index contributed by atoms with van der Waals surface area (Å²) in [5.41, 5.74) is 8.22. The van der Waals surface area contributed by atoms with Gasteiger partial charge in [0.05, 0.1) is 11.1 Å². The van der Waals surface area contributed by atoms with Crippen molar-refractivity contribution in [2.24, 2.45) is 11.7 Å². The maximum absolute atomic E-state index is 12.0. The van der Waals surface area contributed by atoms with Gasteiger partial charge in [-0.3, -0.25) is 4.79 Å². The van der Waals surface area contributed by atoms with Gasteiger partial charge in [0.15, 0.2) is 0 Å². The Balaban J connectivity index is 0.00000190. The van der Waals surface area contributed by atoms with E-state index in [-0.39, 0.29) is 7.58 Å². The third kappa shape index (κ3) is 5.91. The zero-order valence-corrected chi connectivity index (χ0v) is 18.1. The molecule has 1 fully saturated rings. The molecule has 0 radical (unpaired) electrons. The molecule has 1 saturated heterocycles. The molecule has 1 amide bonds. The summed E-state index contributed by atoms with van der Waals surface area (Å²) in [6.45, 7) is 13.3. The quantitative estimate of drug-likeness (QED) is 0.707. The van der Waals surface area contributed by atoms with Crippen molar-refractivity contribution in [1.29, 1.82) is 0 Å². The fraction of sp³-hybridized carbons (Fsp3) is 0.545. The van der Waals surface area contributed by atoms with Gasteiger partial charge in [-0.15, -0.1) is 0 Å². The van der Waals surface area contributed by atoms with E-state index >= 15 is 0 Å². The second-order valence-corrected chi connectivity index (χ2v) is 7.48. The van der Waals surface area contributed by atoms with E-state index in [2.05, 4.69) is 24.1 Å². The van der Waals surface area contributed by atoms with Gasteiger partial charge >= 0.3 is 0 Å². The molecular weight excluding hydrogens is 350 g/mol. The summed E-state index contributed by atoms with van der Waals surface area (Å²) in [5.74, 6) is 0.974. The number of primary amides is 1. The lowest BCUT2D eigenvalue weighted by atomic mass is 10.0. The zero-order valence-electron chi connectivity index (χ0n) is 18.1. The summed E-state index contributed by atoms with van der Waals surface area (Å²) in [7, 11) is 0. The number of hydrogen-bond acceptors (Lipinski definition) is 5. The molecule has 1 aromatic carbocycles. The zero-order chi connectivity index (χ0) is 20.0. The minimum atomic E-state index is -0.411. The number of piperidine rings is 1. The third-order valence-electron chi connectivity index (χ3n) is 4.82. The molecule has 0 aliphatic carbocycles. The number of nitrogens with two attached hydrogens (primary N) is 1. The minimum absolute atomic E-state index is 0. The fourth-order valence-electron chi connectivity index (χ4n) is 3.41. The van der Waals surface area contributed by atoms with E-state index in [1.807, 2.05) is 45.0 Å². The van der Waals surface area contributed by atoms with E-state index in [4.69, 9.17) is 10.7 Å². The number of amides is 1. The van der Waals surface area contributed by atoms with Crippen molar-refractivity contribution >= 4 is 22.6 Å². The Hall–Kier alpha value is -2.18. The molecule has 158 valence electrons. The predicted molar refractivity (Wildman–Crippen MR) is 122 cm³/mol. The molecular formula is C22H39N5O. The van der Waals surface area contributed by atoms with E-state index in [0.29, 0.717) is 17.5 Å². The molecule has 1 aliphatic heterocycles. The monoisotopic (exact) mass is 389 g/mol. The van der Waals surface area contributed by atoms with Gasteiger partial charge in [0.25, 0.3) is 5.91 Å². The van der Waals surface area contributed by atoms with E-state index < -0.39 is 5.91 Å². The molecule has 6 nitrogen and oxygen atoms in total. The Bertz CT molecular complexity index is 773. The van der Waals surface area contributed by atoms with Crippen LogP contribution in [0.25, 0.3) is 10.9 Å². The van der Waals surface area contributed by atoms with Crippen LogP contribution >= 0.6 is 0 Å². The van der Waals surface area contributed by atoms with Crippen LogP contribution < -0.4 is 22.1 Å². The molecule has 3 rings (SSSR count). The number of aromatic nitrogens is 1. The maximum Gasteiger partial charge on any atom is 0.252 e. The molecule has 2 aromatic rings. The first-order chi connectivity index (χ1) is 12.9. The van der Waals surface area contributed by atoms with Gasteiger partial charge < -0.3 is 22.1 Å². The van der Waals surface area contributed by atoms with E-state index in [1.54, 1.807) is 0 Å². The van der Waals surface area contributed by atoms with Crippen LogP contribution in [0.1, 0.15) is 57.9 Å². The number of carbonyl (C=O) groups is 1. The van der Waals surface area contributed by atoms with Gasteiger partial charge in [0.1, 0.15) is 5.82 Å². The Kier molecular flexibility index (Phi) is 9.35. The number of pyridine rings is 1. The van der Waals surface area contributed by atoms with Crippen LogP contribution in [0.15, 0.2) is 24.3 Å². The number of carbonyl (C=O) groups excluding carboxylic acids is 1. The summed E-state index contributed by atoms with van der Waals surface area (Å²) >= 11 is 0. The summed E-state index contributed by atoms with van der Waals surface area (Å²) in [6, 6.07) is 8.52. The van der Waals surface area contributed by atoms with Crippen LogP contribution in [0.5, 0.6) is 0 Å². The van der Waals surface area contributed by atoms with Crippen molar-refractivity contribution in [3.05, 3.63) is 35.4 Å². The standard InChI is InChI=1S/C20H28N4O.C2H6.H3N.H2/c1-13(2)12-22-16-6-8-24(9-7-16)20-17(19(21)25)11-15-10-14(3)4-5-18(15)23-20;1-2;;/h4-5,10-11,13,16,22H,6-9,12H2,1-3H3,(H2,21,25);1-2H3;1H3;1H. The van der Waals surface area contributed by atoms with Crippen molar-refractivity contribution in [3.63, 3.8) is 0 Å². The molecule has 0 saturated carbocycles. The molecule has 6 N–H and O–H groups in total. The first kappa shape index (κ1) is 23.9. The molecule has 28 heavy (non-hydrogen) atoms. The number of hydrogen-bond donors (Lipinski definition) is 3. The largest absolute Gasteiger partial charge is 0.365 e. The SMILES string of the molecule is CC.Cc1ccc2nc(N3CCC(NCC(C)C)CC3)c(C(N)=O)cc2c1.N.[HH]. The lowest BCUT2D eigenvalue weighted by Gasteiger charge is -2.34. The second kappa shape index (κ2) is 11.0. The van der Waals surface area contributed by atoms with Crippen LogP contribution in [0, 0.1) is 12.8 Å². The normalized spacial score (nSPS) is 14.4. The summed E-state index contributed by atoms with van der Waals surface area (Å²) in [4.78, 5) is 18.9. The lowest BCUT2D eigenvalue weighted by molar-refractivity contribution is 0.100. The number of nitrogens with one attached hydrogen (secondary N) is 1. The van der Waals surface area contributed by atoms with Crippen LogP contribution in [-0.2, 0) is 0 Å². The van der Waals surface area contributed by atoms with Gasteiger partial charge in [-0.05, 0) is 50.4 Å². The highest BCUT2D eigenvalue weighted by molar-refractivity contribution is 6.01. The third-order valence-corrected chi connectivity index (χ3v) is 4.82. The minimum Gasteiger partial charge on any atom is -0.365 e.